The molecule has 3 rings (SSSR count). The number of primary amides is 1. The van der Waals surface area contributed by atoms with Gasteiger partial charge >= 0.3 is 0 Å². The van der Waals surface area contributed by atoms with Gasteiger partial charge in [-0.25, -0.2) is 0 Å². The van der Waals surface area contributed by atoms with E-state index < -0.39 is 11.4 Å². The van der Waals surface area contributed by atoms with Crippen molar-refractivity contribution in [2.24, 2.45) is 16.0 Å². The Morgan fingerprint density at radius 2 is 1.60 bits per heavy atom. The van der Waals surface area contributed by atoms with Gasteiger partial charge in [-0.2, -0.15) is 10.2 Å². The van der Waals surface area contributed by atoms with Gasteiger partial charge in [-0.15, -0.1) is 0 Å². The molecule has 6 heteroatoms. The van der Waals surface area contributed by atoms with E-state index in [9.17, 15) is 15.0 Å². The number of hydrogen-bond donors (Lipinski definition) is 3. The molecule has 0 aromatic heterocycles. The summed E-state index contributed by atoms with van der Waals surface area (Å²) in [6.45, 7) is 1.97. The normalized spacial score (nSPS) is 19.4. The van der Waals surface area contributed by atoms with Gasteiger partial charge in [-0.05, 0) is 54.0 Å². The van der Waals surface area contributed by atoms with E-state index in [-0.39, 0.29) is 17.9 Å². The molecule has 0 aliphatic carbocycles. The van der Waals surface area contributed by atoms with Gasteiger partial charge in [0.15, 0.2) is 0 Å². The number of azo groups is 1. The van der Waals surface area contributed by atoms with Crippen LogP contribution in [0.1, 0.15) is 30.9 Å². The molecule has 0 bridgehead atoms. The fourth-order valence-electron chi connectivity index (χ4n) is 3.23. The summed E-state index contributed by atoms with van der Waals surface area (Å²) in [5.74, 6) is -0.183. The summed E-state index contributed by atoms with van der Waals surface area (Å²) in [6.07, 6.45) is 0.614. The highest BCUT2D eigenvalue weighted by Gasteiger charge is 2.43. The van der Waals surface area contributed by atoms with Gasteiger partial charge in [0.2, 0.25) is 5.91 Å². The zero-order chi connectivity index (χ0) is 18.0. The standard InChI is InChI=1S/C19H19N3O3/c1-2-16-18(12-3-7-14(23)8-4-12)21-22-19(16,11-17(20)25)13-5-9-15(24)10-6-13/h3-10,23-24H,2,11H2,1H3,(H2,20,25). The molecule has 0 spiro atoms. The molecule has 0 radical (unpaired) electrons. The van der Waals surface area contributed by atoms with Crippen molar-refractivity contribution in [2.75, 3.05) is 0 Å². The molecule has 128 valence electrons. The molecule has 1 atom stereocenters. The highest BCUT2D eigenvalue weighted by molar-refractivity contribution is 5.80. The third-order valence-corrected chi connectivity index (χ3v) is 4.38. The van der Waals surface area contributed by atoms with Gasteiger partial charge < -0.3 is 15.9 Å². The van der Waals surface area contributed by atoms with Crippen molar-refractivity contribution in [1.82, 2.24) is 0 Å². The number of carbonyl (C=O) groups excluding carboxylic acids is 1. The van der Waals surface area contributed by atoms with Gasteiger partial charge in [0.1, 0.15) is 17.0 Å². The second-order valence-corrected chi connectivity index (χ2v) is 5.98. The lowest BCUT2D eigenvalue weighted by atomic mass is 9.78. The smallest absolute Gasteiger partial charge is 0.220 e. The highest BCUT2D eigenvalue weighted by Crippen LogP contribution is 2.48. The van der Waals surface area contributed by atoms with Crippen molar-refractivity contribution >= 4 is 11.6 Å². The molecule has 2 aromatic carbocycles. The maximum absolute atomic E-state index is 11.8. The first-order valence-electron chi connectivity index (χ1n) is 8.00. The third kappa shape index (κ3) is 2.98. The molecule has 25 heavy (non-hydrogen) atoms. The zero-order valence-electron chi connectivity index (χ0n) is 13.8. The molecule has 1 heterocycles. The van der Waals surface area contributed by atoms with Gasteiger partial charge in [0.05, 0.1) is 12.1 Å². The first kappa shape index (κ1) is 16.7. The molecular formula is C19H19N3O3. The van der Waals surface area contributed by atoms with Crippen molar-refractivity contribution in [3.63, 3.8) is 0 Å². The minimum absolute atomic E-state index is 0.00790. The molecule has 1 aliphatic rings. The van der Waals surface area contributed by atoms with E-state index in [1.165, 1.54) is 0 Å². The molecule has 4 N–H and O–H groups in total. The van der Waals surface area contributed by atoms with Gasteiger partial charge in [0, 0.05) is 5.56 Å². The minimum atomic E-state index is -0.971. The Morgan fingerprint density at radius 3 is 2.12 bits per heavy atom. The van der Waals surface area contributed by atoms with Crippen molar-refractivity contribution in [3.05, 3.63) is 65.2 Å². The molecule has 1 unspecified atom stereocenters. The number of benzene rings is 2. The summed E-state index contributed by atoms with van der Waals surface area (Å²) in [6, 6.07) is 13.3. The predicted molar refractivity (Wildman–Crippen MR) is 93.8 cm³/mol. The number of amides is 1. The second kappa shape index (κ2) is 6.39. The number of phenols is 2. The van der Waals surface area contributed by atoms with Gasteiger partial charge in [0.25, 0.3) is 0 Å². The predicted octanol–water partition coefficient (Wildman–Crippen LogP) is 3.46. The summed E-state index contributed by atoms with van der Waals surface area (Å²) >= 11 is 0. The van der Waals surface area contributed by atoms with Crippen molar-refractivity contribution < 1.29 is 15.0 Å². The molecule has 1 amide bonds. The molecule has 1 aliphatic heterocycles. The minimum Gasteiger partial charge on any atom is -0.508 e. The SMILES string of the molecule is CCC1=C(c2ccc(O)cc2)N=NC1(CC(N)=O)c1ccc(O)cc1. The number of carbonyl (C=O) groups is 1. The van der Waals surface area contributed by atoms with Crippen LogP contribution >= 0.6 is 0 Å². The summed E-state index contributed by atoms with van der Waals surface area (Å²) in [7, 11) is 0. The second-order valence-electron chi connectivity index (χ2n) is 5.98. The van der Waals surface area contributed by atoms with E-state index in [4.69, 9.17) is 5.73 Å². The van der Waals surface area contributed by atoms with Gasteiger partial charge in [-0.1, -0.05) is 19.1 Å². The number of phenolic OH excluding ortho intramolecular Hbond substituents is 2. The maximum atomic E-state index is 11.8. The van der Waals surface area contributed by atoms with Crippen LogP contribution in [0.5, 0.6) is 11.5 Å². The largest absolute Gasteiger partial charge is 0.508 e. The molecule has 0 saturated carbocycles. The van der Waals surface area contributed by atoms with Crippen molar-refractivity contribution in [2.45, 2.75) is 25.3 Å². The van der Waals surface area contributed by atoms with E-state index in [1.54, 1.807) is 48.5 Å². The fourth-order valence-corrected chi connectivity index (χ4v) is 3.23. The van der Waals surface area contributed by atoms with Crippen LogP contribution in [-0.2, 0) is 10.3 Å². The Kier molecular flexibility index (Phi) is 4.27. The van der Waals surface area contributed by atoms with Crippen molar-refractivity contribution in [3.8, 4) is 11.5 Å². The first-order chi connectivity index (χ1) is 12.0. The third-order valence-electron chi connectivity index (χ3n) is 4.38. The lowest BCUT2D eigenvalue weighted by molar-refractivity contribution is -0.119. The van der Waals surface area contributed by atoms with Gasteiger partial charge in [-0.3, -0.25) is 4.79 Å². The van der Waals surface area contributed by atoms with Crippen LogP contribution in [0.25, 0.3) is 5.70 Å². The van der Waals surface area contributed by atoms with Crippen LogP contribution in [0.2, 0.25) is 0 Å². The Balaban J connectivity index is 2.18. The average molecular weight is 337 g/mol. The van der Waals surface area contributed by atoms with E-state index in [0.29, 0.717) is 12.1 Å². The fraction of sp³-hybridized carbons (Fsp3) is 0.211. The average Bonchev–Trinajstić information content (AvgIpc) is 2.94. The van der Waals surface area contributed by atoms with Crippen LogP contribution in [0.3, 0.4) is 0 Å². The maximum Gasteiger partial charge on any atom is 0.220 e. The van der Waals surface area contributed by atoms with Crippen LogP contribution in [0.4, 0.5) is 0 Å². The molecule has 0 saturated heterocycles. The Labute approximate surface area is 145 Å². The number of nitrogens with two attached hydrogens (primary N) is 1. The Bertz CT molecular complexity index is 854. The number of rotatable bonds is 5. The first-order valence-corrected chi connectivity index (χ1v) is 8.00. The summed E-state index contributed by atoms with van der Waals surface area (Å²) in [5.41, 5.74) is 7.64. The topological polar surface area (TPSA) is 108 Å². The number of nitrogens with zero attached hydrogens (tertiary/aromatic N) is 2. The van der Waals surface area contributed by atoms with Crippen LogP contribution in [0.15, 0.2) is 64.3 Å². The van der Waals surface area contributed by atoms with E-state index >= 15 is 0 Å². The molecule has 0 fully saturated rings. The molecule has 6 nitrogen and oxygen atoms in total. The van der Waals surface area contributed by atoms with Crippen LogP contribution < -0.4 is 5.73 Å². The Hall–Kier alpha value is -3.15. The molecular weight excluding hydrogens is 318 g/mol. The highest BCUT2D eigenvalue weighted by atomic mass is 16.3. The lowest BCUT2D eigenvalue weighted by Crippen LogP contribution is -2.31. The monoisotopic (exact) mass is 337 g/mol. The molecule has 2 aromatic rings. The summed E-state index contributed by atoms with van der Waals surface area (Å²) in [4.78, 5) is 11.8. The quantitative estimate of drug-likeness (QED) is 0.777. The van der Waals surface area contributed by atoms with Crippen LogP contribution in [-0.4, -0.2) is 16.1 Å². The summed E-state index contributed by atoms with van der Waals surface area (Å²) < 4.78 is 0. The Morgan fingerprint density at radius 1 is 1.04 bits per heavy atom. The van der Waals surface area contributed by atoms with E-state index in [0.717, 1.165) is 16.7 Å². The number of hydrogen-bond acceptors (Lipinski definition) is 5. The van der Waals surface area contributed by atoms with E-state index in [1.807, 2.05) is 6.92 Å². The zero-order valence-corrected chi connectivity index (χ0v) is 13.8. The van der Waals surface area contributed by atoms with E-state index in [2.05, 4.69) is 10.2 Å². The summed E-state index contributed by atoms with van der Waals surface area (Å²) in [5, 5.41) is 27.8. The lowest BCUT2D eigenvalue weighted by Gasteiger charge is -2.27. The van der Waals surface area contributed by atoms with Crippen molar-refractivity contribution in [1.29, 1.82) is 0 Å². The number of aromatic hydroxyl groups is 2. The van der Waals surface area contributed by atoms with Crippen LogP contribution in [0, 0.1) is 0 Å².